The summed E-state index contributed by atoms with van der Waals surface area (Å²) in [6.07, 6.45) is 3.89. The molecule has 0 aliphatic carbocycles. The number of halogens is 1. The number of nitrogens with zero attached hydrogens (tertiary/aromatic N) is 3. The predicted octanol–water partition coefficient (Wildman–Crippen LogP) is 4.90. The number of anilines is 2. The molecular weight excluding hydrogens is 516 g/mol. The number of rotatable bonds is 9. The standard InChI is InChI=1S/C26H25ClN4O5S/c1-17-21(27)7-4-8-22(17)29-25(32)24-23(14-28-26(30-24)37(3,33)34)31(16-20-6-5-13-36-20)15-18-9-11-19(35-2)12-10-18/h4-14H,15-16H2,1-3H3,(H,29,32). The highest BCUT2D eigenvalue weighted by Crippen LogP contribution is 2.28. The van der Waals surface area contributed by atoms with E-state index in [0.717, 1.165) is 11.8 Å². The Kier molecular flexibility index (Phi) is 7.80. The summed E-state index contributed by atoms with van der Waals surface area (Å²) in [6, 6.07) is 16.2. The maximum Gasteiger partial charge on any atom is 0.276 e. The van der Waals surface area contributed by atoms with Crippen molar-refractivity contribution in [1.29, 1.82) is 0 Å². The molecule has 11 heteroatoms. The monoisotopic (exact) mass is 540 g/mol. The van der Waals surface area contributed by atoms with Gasteiger partial charge in [0, 0.05) is 23.5 Å². The summed E-state index contributed by atoms with van der Waals surface area (Å²) in [4.78, 5) is 23.6. The quantitative estimate of drug-likeness (QED) is 0.298. The molecule has 0 atom stereocenters. The van der Waals surface area contributed by atoms with Crippen LogP contribution in [0.1, 0.15) is 27.4 Å². The van der Waals surface area contributed by atoms with Gasteiger partial charge in [-0.3, -0.25) is 4.79 Å². The van der Waals surface area contributed by atoms with Crippen molar-refractivity contribution in [1.82, 2.24) is 9.97 Å². The Hall–Kier alpha value is -3.89. The molecule has 1 N–H and O–H groups in total. The summed E-state index contributed by atoms with van der Waals surface area (Å²) >= 11 is 6.22. The zero-order valence-electron chi connectivity index (χ0n) is 20.4. The normalized spacial score (nSPS) is 11.2. The van der Waals surface area contributed by atoms with Crippen LogP contribution in [0.15, 0.2) is 76.6 Å². The van der Waals surface area contributed by atoms with Crippen LogP contribution in [0, 0.1) is 6.92 Å². The van der Waals surface area contributed by atoms with Gasteiger partial charge in [0.2, 0.25) is 15.0 Å². The SMILES string of the molecule is COc1ccc(CN(Cc2ccco2)c2cnc(S(C)(=O)=O)nc2C(=O)Nc2cccc(Cl)c2C)cc1. The number of amides is 1. The lowest BCUT2D eigenvalue weighted by molar-refractivity contribution is 0.102. The highest BCUT2D eigenvalue weighted by molar-refractivity contribution is 7.90. The van der Waals surface area contributed by atoms with Crippen molar-refractivity contribution in [2.75, 3.05) is 23.6 Å². The Labute approximate surface area is 220 Å². The molecule has 2 aromatic carbocycles. The van der Waals surface area contributed by atoms with Crippen molar-refractivity contribution in [3.05, 3.63) is 94.7 Å². The van der Waals surface area contributed by atoms with E-state index in [1.54, 1.807) is 44.6 Å². The van der Waals surface area contributed by atoms with Crippen LogP contribution in [0.3, 0.4) is 0 Å². The van der Waals surface area contributed by atoms with Crippen molar-refractivity contribution < 1.29 is 22.4 Å². The largest absolute Gasteiger partial charge is 0.497 e. The summed E-state index contributed by atoms with van der Waals surface area (Å²) < 4.78 is 35.3. The number of nitrogens with one attached hydrogen (secondary N) is 1. The summed E-state index contributed by atoms with van der Waals surface area (Å²) in [5.74, 6) is 0.740. The van der Waals surface area contributed by atoms with Gasteiger partial charge < -0.3 is 19.4 Å². The van der Waals surface area contributed by atoms with Crippen molar-refractivity contribution in [3.63, 3.8) is 0 Å². The second kappa shape index (κ2) is 11.0. The molecule has 0 spiro atoms. The van der Waals surface area contributed by atoms with E-state index in [1.807, 2.05) is 35.2 Å². The first-order valence-electron chi connectivity index (χ1n) is 11.2. The first kappa shape index (κ1) is 26.2. The molecule has 0 radical (unpaired) electrons. The van der Waals surface area contributed by atoms with Gasteiger partial charge in [-0.05, 0) is 54.4 Å². The Bertz CT molecular complexity index is 1510. The van der Waals surface area contributed by atoms with E-state index in [2.05, 4.69) is 15.3 Å². The molecule has 4 aromatic rings. The van der Waals surface area contributed by atoms with Gasteiger partial charge in [0.15, 0.2) is 5.69 Å². The Morgan fingerprint density at radius 2 is 1.86 bits per heavy atom. The van der Waals surface area contributed by atoms with E-state index in [4.69, 9.17) is 20.8 Å². The van der Waals surface area contributed by atoms with Crippen LogP contribution in [0.5, 0.6) is 5.75 Å². The minimum atomic E-state index is -3.78. The molecule has 192 valence electrons. The molecular formula is C26H25ClN4O5S. The van der Waals surface area contributed by atoms with Gasteiger partial charge in [-0.15, -0.1) is 0 Å². The Morgan fingerprint density at radius 1 is 1.11 bits per heavy atom. The van der Waals surface area contributed by atoms with Crippen LogP contribution in [0.2, 0.25) is 5.02 Å². The van der Waals surface area contributed by atoms with Crippen LogP contribution in [0.4, 0.5) is 11.4 Å². The number of aromatic nitrogens is 2. The van der Waals surface area contributed by atoms with Crippen LogP contribution in [-0.4, -0.2) is 37.7 Å². The fraction of sp³-hybridized carbons (Fsp3) is 0.192. The third-order valence-electron chi connectivity index (χ3n) is 5.61. The second-order valence-corrected chi connectivity index (χ2v) is 10.6. The van der Waals surface area contributed by atoms with Gasteiger partial charge in [0.05, 0.1) is 31.8 Å². The van der Waals surface area contributed by atoms with Crippen molar-refractivity contribution in [3.8, 4) is 5.75 Å². The Balaban J connectivity index is 1.79. The molecule has 0 saturated heterocycles. The van der Waals surface area contributed by atoms with E-state index >= 15 is 0 Å². The van der Waals surface area contributed by atoms with E-state index in [-0.39, 0.29) is 12.2 Å². The molecule has 0 aliphatic rings. The molecule has 0 bridgehead atoms. The lowest BCUT2D eigenvalue weighted by Crippen LogP contribution is -2.27. The maximum absolute atomic E-state index is 13.5. The van der Waals surface area contributed by atoms with Crippen molar-refractivity contribution in [2.45, 2.75) is 25.2 Å². The predicted molar refractivity (Wildman–Crippen MR) is 141 cm³/mol. The molecule has 0 aliphatic heterocycles. The van der Waals surface area contributed by atoms with Crippen LogP contribution < -0.4 is 15.0 Å². The number of carbonyl (C=O) groups excluding carboxylic acids is 1. The van der Waals surface area contributed by atoms with Gasteiger partial charge in [0.25, 0.3) is 5.91 Å². The smallest absolute Gasteiger partial charge is 0.276 e. The van der Waals surface area contributed by atoms with E-state index in [9.17, 15) is 13.2 Å². The molecule has 0 unspecified atom stereocenters. The fourth-order valence-electron chi connectivity index (χ4n) is 3.63. The third-order valence-corrected chi connectivity index (χ3v) is 6.88. The molecule has 37 heavy (non-hydrogen) atoms. The lowest BCUT2D eigenvalue weighted by atomic mass is 10.1. The van der Waals surface area contributed by atoms with Crippen LogP contribution >= 0.6 is 11.6 Å². The summed E-state index contributed by atoms with van der Waals surface area (Å²) in [5, 5.41) is 2.83. The first-order valence-corrected chi connectivity index (χ1v) is 13.5. The van der Waals surface area contributed by atoms with Gasteiger partial charge >= 0.3 is 0 Å². The molecule has 1 amide bonds. The molecule has 0 fully saturated rings. The van der Waals surface area contributed by atoms with Crippen LogP contribution in [-0.2, 0) is 22.9 Å². The average molecular weight is 541 g/mol. The highest BCUT2D eigenvalue weighted by Gasteiger charge is 2.24. The minimum absolute atomic E-state index is 0.102. The second-order valence-electron chi connectivity index (χ2n) is 8.31. The number of sulfone groups is 1. The zero-order chi connectivity index (χ0) is 26.6. The van der Waals surface area contributed by atoms with Gasteiger partial charge in [-0.1, -0.05) is 29.8 Å². The number of hydrogen-bond acceptors (Lipinski definition) is 8. The number of carbonyl (C=O) groups is 1. The van der Waals surface area contributed by atoms with E-state index in [0.29, 0.717) is 40.0 Å². The van der Waals surface area contributed by atoms with Crippen LogP contribution in [0.25, 0.3) is 0 Å². The molecule has 2 heterocycles. The van der Waals surface area contributed by atoms with Crippen molar-refractivity contribution >= 4 is 38.7 Å². The highest BCUT2D eigenvalue weighted by atomic mass is 35.5. The minimum Gasteiger partial charge on any atom is -0.497 e. The topological polar surface area (TPSA) is 115 Å². The molecule has 9 nitrogen and oxygen atoms in total. The number of methoxy groups -OCH3 is 1. The van der Waals surface area contributed by atoms with Gasteiger partial charge in [-0.25, -0.2) is 18.4 Å². The maximum atomic E-state index is 13.5. The Morgan fingerprint density at radius 3 is 2.51 bits per heavy atom. The molecule has 4 rings (SSSR count). The van der Waals surface area contributed by atoms with Gasteiger partial charge in [0.1, 0.15) is 11.5 Å². The third kappa shape index (κ3) is 6.28. The number of ether oxygens (including phenoxy) is 1. The average Bonchev–Trinajstić information content (AvgIpc) is 3.39. The van der Waals surface area contributed by atoms with Gasteiger partial charge in [-0.2, -0.15) is 0 Å². The lowest BCUT2D eigenvalue weighted by Gasteiger charge is -2.25. The zero-order valence-corrected chi connectivity index (χ0v) is 22.0. The summed E-state index contributed by atoms with van der Waals surface area (Å²) in [6.45, 7) is 2.40. The van der Waals surface area contributed by atoms with E-state index in [1.165, 1.54) is 6.20 Å². The van der Waals surface area contributed by atoms with Crippen molar-refractivity contribution in [2.24, 2.45) is 0 Å². The molecule has 2 aromatic heterocycles. The first-order chi connectivity index (χ1) is 17.7. The number of benzene rings is 2. The van der Waals surface area contributed by atoms with E-state index < -0.39 is 20.9 Å². The summed E-state index contributed by atoms with van der Waals surface area (Å²) in [5.41, 5.74) is 2.29. The summed E-state index contributed by atoms with van der Waals surface area (Å²) in [7, 11) is -2.19. The molecule has 0 saturated carbocycles. The number of hydrogen-bond donors (Lipinski definition) is 1. The number of furan rings is 1. The fourth-order valence-corrected chi connectivity index (χ4v) is 4.30.